The lowest BCUT2D eigenvalue weighted by Gasteiger charge is -2.15. The Morgan fingerprint density at radius 1 is 1.00 bits per heavy atom. The number of aromatic nitrogens is 1. The molecule has 0 bridgehead atoms. The number of benzene rings is 2. The molecule has 0 aliphatic heterocycles. The zero-order chi connectivity index (χ0) is 19.6. The van der Waals surface area contributed by atoms with Gasteiger partial charge in [-0.3, -0.25) is 15.1 Å². The number of carbonyl (C=O) groups excluding carboxylic acids is 1. The predicted octanol–water partition coefficient (Wildman–Crippen LogP) is 3.88. The highest BCUT2D eigenvalue weighted by atomic mass is 16.5. The normalized spacial score (nSPS) is 11.0. The average molecular weight is 374 g/mol. The summed E-state index contributed by atoms with van der Waals surface area (Å²) in [6, 6.07) is 20.3. The van der Waals surface area contributed by atoms with Crippen molar-refractivity contribution in [2.75, 3.05) is 11.9 Å². The van der Waals surface area contributed by atoms with E-state index in [4.69, 9.17) is 4.74 Å². The van der Waals surface area contributed by atoms with Crippen molar-refractivity contribution in [2.45, 2.75) is 13.5 Å². The summed E-state index contributed by atoms with van der Waals surface area (Å²) in [6.45, 7) is 2.86. The molecule has 6 nitrogen and oxygen atoms in total. The minimum absolute atomic E-state index is 0.240. The standard InChI is InChI=1S/C22H22N4O2/c1-2-28-20-11-7-6-10-19(20)25-22(24-16-17-12-14-23-15-13-17)26-21(27)18-8-4-3-5-9-18/h3-15H,2,16H2,1H3,(H2,24,25,26,27). The number of carbonyl (C=O) groups is 1. The number of hydrogen-bond donors (Lipinski definition) is 2. The van der Waals surface area contributed by atoms with Crippen molar-refractivity contribution in [3.63, 3.8) is 0 Å². The van der Waals surface area contributed by atoms with E-state index in [-0.39, 0.29) is 5.91 Å². The van der Waals surface area contributed by atoms with Crippen LogP contribution in [0.2, 0.25) is 0 Å². The number of aliphatic imine (C=N–C) groups is 1. The Morgan fingerprint density at radius 3 is 2.46 bits per heavy atom. The van der Waals surface area contributed by atoms with E-state index in [1.54, 1.807) is 24.5 Å². The Balaban J connectivity index is 1.83. The van der Waals surface area contributed by atoms with Gasteiger partial charge in [-0.25, -0.2) is 4.99 Å². The van der Waals surface area contributed by atoms with Gasteiger partial charge in [0.05, 0.1) is 18.8 Å². The molecular weight excluding hydrogens is 352 g/mol. The Bertz CT molecular complexity index is 928. The first-order chi connectivity index (χ1) is 13.8. The largest absolute Gasteiger partial charge is 0.492 e. The third-order valence-corrected chi connectivity index (χ3v) is 3.88. The molecule has 1 heterocycles. The minimum atomic E-state index is -0.240. The quantitative estimate of drug-likeness (QED) is 0.507. The molecule has 0 aliphatic rings. The summed E-state index contributed by atoms with van der Waals surface area (Å²) in [4.78, 5) is 21.2. The lowest BCUT2D eigenvalue weighted by atomic mass is 10.2. The van der Waals surface area contributed by atoms with Gasteiger partial charge in [-0.05, 0) is 48.9 Å². The van der Waals surface area contributed by atoms with Gasteiger partial charge in [-0.2, -0.15) is 0 Å². The first-order valence-electron chi connectivity index (χ1n) is 9.05. The minimum Gasteiger partial charge on any atom is -0.492 e. The Labute approximate surface area is 164 Å². The van der Waals surface area contributed by atoms with Crippen molar-refractivity contribution in [3.8, 4) is 5.75 Å². The van der Waals surface area contributed by atoms with Gasteiger partial charge in [0.25, 0.3) is 5.91 Å². The number of guanidine groups is 1. The van der Waals surface area contributed by atoms with Crippen LogP contribution < -0.4 is 15.4 Å². The van der Waals surface area contributed by atoms with Crippen LogP contribution in [-0.4, -0.2) is 23.5 Å². The molecule has 2 N–H and O–H groups in total. The van der Waals surface area contributed by atoms with Crippen LogP contribution >= 0.6 is 0 Å². The van der Waals surface area contributed by atoms with E-state index >= 15 is 0 Å². The molecule has 0 saturated heterocycles. The number of amides is 1. The summed E-state index contributed by atoms with van der Waals surface area (Å²) >= 11 is 0. The van der Waals surface area contributed by atoms with Crippen LogP contribution in [0.3, 0.4) is 0 Å². The van der Waals surface area contributed by atoms with E-state index in [0.29, 0.717) is 30.4 Å². The molecular formula is C22H22N4O2. The highest BCUT2D eigenvalue weighted by Crippen LogP contribution is 2.23. The van der Waals surface area contributed by atoms with E-state index in [1.807, 2.05) is 61.5 Å². The Hall–Kier alpha value is -3.67. The van der Waals surface area contributed by atoms with E-state index in [2.05, 4.69) is 20.6 Å². The second-order valence-electron chi connectivity index (χ2n) is 5.89. The molecule has 0 saturated carbocycles. The van der Waals surface area contributed by atoms with Crippen molar-refractivity contribution in [2.24, 2.45) is 4.99 Å². The van der Waals surface area contributed by atoms with Crippen LogP contribution in [0.5, 0.6) is 5.75 Å². The number of ether oxygens (including phenoxy) is 1. The monoisotopic (exact) mass is 374 g/mol. The van der Waals surface area contributed by atoms with Crippen molar-refractivity contribution >= 4 is 17.6 Å². The van der Waals surface area contributed by atoms with Gasteiger partial charge < -0.3 is 10.1 Å². The van der Waals surface area contributed by atoms with Crippen LogP contribution in [0.25, 0.3) is 0 Å². The number of anilines is 1. The fourth-order valence-corrected chi connectivity index (χ4v) is 2.52. The number of rotatable bonds is 6. The Morgan fingerprint density at radius 2 is 1.71 bits per heavy atom. The van der Waals surface area contributed by atoms with Gasteiger partial charge in [0, 0.05) is 18.0 Å². The van der Waals surface area contributed by atoms with Gasteiger partial charge in [-0.1, -0.05) is 30.3 Å². The second kappa shape index (κ2) is 9.87. The molecule has 1 amide bonds. The first-order valence-corrected chi connectivity index (χ1v) is 9.05. The first kappa shape index (κ1) is 19.1. The summed E-state index contributed by atoms with van der Waals surface area (Å²) in [6.07, 6.45) is 3.43. The molecule has 0 radical (unpaired) electrons. The highest BCUT2D eigenvalue weighted by Gasteiger charge is 2.11. The van der Waals surface area contributed by atoms with Gasteiger partial charge in [0.15, 0.2) is 0 Å². The fraction of sp³-hybridized carbons (Fsp3) is 0.136. The molecule has 1 aromatic heterocycles. The van der Waals surface area contributed by atoms with Gasteiger partial charge in [-0.15, -0.1) is 0 Å². The maximum absolute atomic E-state index is 12.6. The summed E-state index contributed by atoms with van der Waals surface area (Å²) in [5, 5.41) is 6.03. The van der Waals surface area contributed by atoms with Crippen LogP contribution in [0.15, 0.2) is 84.1 Å². The smallest absolute Gasteiger partial charge is 0.257 e. The lowest BCUT2D eigenvalue weighted by Crippen LogP contribution is -2.36. The molecule has 0 aliphatic carbocycles. The average Bonchev–Trinajstić information content (AvgIpc) is 2.75. The summed E-state index contributed by atoms with van der Waals surface area (Å²) in [7, 11) is 0. The molecule has 0 unspecified atom stereocenters. The van der Waals surface area contributed by atoms with Crippen LogP contribution in [-0.2, 0) is 6.54 Å². The van der Waals surface area contributed by atoms with Gasteiger partial charge >= 0.3 is 0 Å². The zero-order valence-electron chi connectivity index (χ0n) is 15.6. The topological polar surface area (TPSA) is 75.6 Å². The van der Waals surface area contributed by atoms with E-state index in [9.17, 15) is 4.79 Å². The van der Waals surface area contributed by atoms with Crippen molar-refractivity contribution in [3.05, 3.63) is 90.3 Å². The number of nitrogens with one attached hydrogen (secondary N) is 2. The summed E-state index contributed by atoms with van der Waals surface area (Å²) in [5.41, 5.74) is 2.27. The molecule has 6 heteroatoms. The zero-order valence-corrected chi connectivity index (χ0v) is 15.6. The Kier molecular flexibility index (Phi) is 6.73. The second-order valence-corrected chi connectivity index (χ2v) is 5.89. The lowest BCUT2D eigenvalue weighted by molar-refractivity contribution is 0.0977. The molecule has 0 spiro atoms. The third-order valence-electron chi connectivity index (χ3n) is 3.88. The third kappa shape index (κ3) is 5.41. The summed E-state index contributed by atoms with van der Waals surface area (Å²) in [5.74, 6) is 0.795. The SMILES string of the molecule is CCOc1ccccc1NC(=NCc1ccncc1)NC(=O)c1ccccc1. The van der Waals surface area contributed by atoms with Crippen LogP contribution in [0.1, 0.15) is 22.8 Å². The molecule has 0 atom stereocenters. The molecule has 3 rings (SSSR count). The molecule has 142 valence electrons. The van der Waals surface area contributed by atoms with Gasteiger partial charge in [0.1, 0.15) is 5.75 Å². The fourth-order valence-electron chi connectivity index (χ4n) is 2.52. The molecule has 3 aromatic rings. The van der Waals surface area contributed by atoms with Crippen molar-refractivity contribution in [1.82, 2.24) is 10.3 Å². The summed E-state index contributed by atoms with van der Waals surface area (Å²) < 4.78 is 5.65. The number of hydrogen-bond acceptors (Lipinski definition) is 4. The van der Waals surface area contributed by atoms with E-state index in [1.165, 1.54) is 0 Å². The molecule has 2 aromatic carbocycles. The van der Waals surface area contributed by atoms with E-state index < -0.39 is 0 Å². The maximum atomic E-state index is 12.6. The van der Waals surface area contributed by atoms with Crippen molar-refractivity contribution in [1.29, 1.82) is 0 Å². The predicted molar refractivity (Wildman–Crippen MR) is 111 cm³/mol. The number of nitrogens with zero attached hydrogens (tertiary/aromatic N) is 2. The maximum Gasteiger partial charge on any atom is 0.257 e. The molecule has 28 heavy (non-hydrogen) atoms. The van der Waals surface area contributed by atoms with Crippen molar-refractivity contribution < 1.29 is 9.53 Å². The van der Waals surface area contributed by atoms with Crippen LogP contribution in [0.4, 0.5) is 5.69 Å². The molecule has 0 fully saturated rings. The number of para-hydroxylation sites is 2. The van der Waals surface area contributed by atoms with Crippen LogP contribution in [0, 0.1) is 0 Å². The highest BCUT2D eigenvalue weighted by molar-refractivity contribution is 6.10. The number of pyridine rings is 1. The van der Waals surface area contributed by atoms with E-state index in [0.717, 1.165) is 11.3 Å². The van der Waals surface area contributed by atoms with Gasteiger partial charge in [0.2, 0.25) is 5.96 Å².